The van der Waals surface area contributed by atoms with Gasteiger partial charge >= 0.3 is 0 Å². The maximum Gasteiger partial charge on any atom is 0.0877 e. The lowest BCUT2D eigenvalue weighted by molar-refractivity contribution is 0.503. The number of hydrogen-bond acceptors (Lipinski definition) is 1. The van der Waals surface area contributed by atoms with Crippen LogP contribution in [0.4, 0.5) is 0 Å². The average molecular weight is 765 g/mol. The summed E-state index contributed by atoms with van der Waals surface area (Å²) in [7, 11) is -1.98. The third-order valence-corrected chi connectivity index (χ3v) is 15.7. The Morgan fingerprint density at radius 3 is 0.509 bits per heavy atom. The molecule has 0 aliphatic carbocycles. The lowest BCUT2D eigenvalue weighted by atomic mass is 10.0. The first-order valence-corrected chi connectivity index (χ1v) is 27.6. The molecule has 0 heterocycles. The van der Waals surface area contributed by atoms with E-state index in [0.29, 0.717) is 0 Å². The molecule has 0 unspecified atom stereocenters. The summed E-state index contributed by atoms with van der Waals surface area (Å²) in [5.41, 5.74) is 0. The lowest BCUT2D eigenvalue weighted by Gasteiger charge is -2.19. The van der Waals surface area contributed by atoms with Gasteiger partial charge in [-0.25, -0.2) is 0 Å². The van der Waals surface area contributed by atoms with Gasteiger partial charge in [0.05, 0.1) is 7.14 Å². The van der Waals surface area contributed by atoms with Gasteiger partial charge in [0.2, 0.25) is 0 Å². The summed E-state index contributed by atoms with van der Waals surface area (Å²) < 4.78 is 14.2. The fourth-order valence-electron chi connectivity index (χ4n) is 8.50. The van der Waals surface area contributed by atoms with E-state index >= 15 is 0 Å². The van der Waals surface area contributed by atoms with E-state index in [9.17, 15) is 4.57 Å². The Morgan fingerprint density at radius 2 is 0.358 bits per heavy atom. The molecule has 0 bridgehead atoms. The second-order valence-corrected chi connectivity index (χ2v) is 23.0. The molecule has 0 spiro atoms. The lowest BCUT2D eigenvalue weighted by Crippen LogP contribution is -2.02. The van der Waals surface area contributed by atoms with Crippen LogP contribution >= 0.6 is 7.14 Å². The molecular formula is C51H105OP. The Morgan fingerprint density at radius 1 is 0.226 bits per heavy atom. The van der Waals surface area contributed by atoms with Gasteiger partial charge in [-0.2, -0.15) is 0 Å². The van der Waals surface area contributed by atoms with Crippen molar-refractivity contribution >= 4 is 7.14 Å². The van der Waals surface area contributed by atoms with Crippen molar-refractivity contribution in [2.24, 2.45) is 17.8 Å². The van der Waals surface area contributed by atoms with Crippen molar-refractivity contribution in [2.45, 2.75) is 292 Å². The van der Waals surface area contributed by atoms with Gasteiger partial charge in [-0.1, -0.05) is 273 Å². The summed E-state index contributed by atoms with van der Waals surface area (Å²) in [5, 5.41) is 0. The molecular weight excluding hydrogens is 660 g/mol. The monoisotopic (exact) mass is 765 g/mol. The van der Waals surface area contributed by atoms with E-state index in [0.717, 1.165) is 36.2 Å². The first-order chi connectivity index (χ1) is 25.7. The van der Waals surface area contributed by atoms with Crippen LogP contribution in [0.1, 0.15) is 292 Å². The Kier molecular flexibility index (Phi) is 42.0. The molecule has 2 heteroatoms. The van der Waals surface area contributed by atoms with E-state index in [2.05, 4.69) is 41.5 Å². The van der Waals surface area contributed by atoms with Crippen LogP contribution in [-0.2, 0) is 4.57 Å². The molecule has 0 atom stereocenters. The molecule has 0 rings (SSSR count). The first-order valence-electron chi connectivity index (χ1n) is 25.3. The van der Waals surface area contributed by atoms with E-state index in [1.807, 2.05) is 0 Å². The van der Waals surface area contributed by atoms with E-state index < -0.39 is 7.14 Å². The van der Waals surface area contributed by atoms with Crippen LogP contribution in [-0.4, -0.2) is 18.5 Å². The highest BCUT2D eigenvalue weighted by atomic mass is 31.2. The van der Waals surface area contributed by atoms with Crippen LogP contribution in [0.3, 0.4) is 0 Å². The molecule has 0 fully saturated rings. The third kappa shape index (κ3) is 44.8. The minimum absolute atomic E-state index is 0.874. The highest BCUT2D eigenvalue weighted by Crippen LogP contribution is 2.48. The van der Waals surface area contributed by atoms with Gasteiger partial charge < -0.3 is 4.57 Å². The van der Waals surface area contributed by atoms with Gasteiger partial charge in [-0.3, -0.25) is 0 Å². The van der Waals surface area contributed by atoms with Crippen LogP contribution in [0.2, 0.25) is 0 Å². The summed E-state index contributed by atoms with van der Waals surface area (Å²) >= 11 is 0. The minimum atomic E-state index is -1.98. The van der Waals surface area contributed by atoms with Crippen molar-refractivity contribution in [1.29, 1.82) is 0 Å². The van der Waals surface area contributed by atoms with Crippen molar-refractivity contribution in [2.75, 3.05) is 18.5 Å². The SMILES string of the molecule is CC(C)CCCCCCCCCCCCCCP(=O)(CCCCCCCCCCCCCCC(C)C)CCCCCCCCCCCCCCC(C)C. The van der Waals surface area contributed by atoms with Crippen LogP contribution < -0.4 is 0 Å². The van der Waals surface area contributed by atoms with Crippen molar-refractivity contribution in [3.63, 3.8) is 0 Å². The van der Waals surface area contributed by atoms with Crippen LogP contribution in [0, 0.1) is 17.8 Å². The fourth-order valence-corrected chi connectivity index (χ4v) is 11.6. The average Bonchev–Trinajstić information content (AvgIpc) is 3.11. The maximum atomic E-state index is 14.2. The number of unbranched alkanes of at least 4 members (excludes halogenated alkanes) is 33. The molecule has 0 aliphatic rings. The number of hydrogen-bond donors (Lipinski definition) is 0. The highest BCUT2D eigenvalue weighted by molar-refractivity contribution is 7.63. The zero-order valence-electron chi connectivity index (χ0n) is 38.3. The summed E-state index contributed by atoms with van der Waals surface area (Å²) in [5.74, 6) is 2.62. The Bertz CT molecular complexity index is 631. The molecule has 0 amide bonds. The summed E-state index contributed by atoms with van der Waals surface area (Å²) in [4.78, 5) is 0. The third-order valence-electron chi connectivity index (χ3n) is 12.3. The normalized spacial score (nSPS) is 12.3. The Balaban J connectivity index is 4.11. The second kappa shape index (κ2) is 41.9. The molecule has 1 nitrogen and oxygen atoms in total. The predicted molar refractivity (Wildman–Crippen MR) is 247 cm³/mol. The zero-order chi connectivity index (χ0) is 38.9. The smallest absolute Gasteiger partial charge is 0.0877 e. The summed E-state index contributed by atoms with van der Waals surface area (Å²) in [6.45, 7) is 14.1. The zero-order valence-corrected chi connectivity index (χ0v) is 39.2. The highest BCUT2D eigenvalue weighted by Gasteiger charge is 2.20. The largest absolute Gasteiger partial charge is 0.324 e. The van der Waals surface area contributed by atoms with Crippen molar-refractivity contribution in [3.8, 4) is 0 Å². The van der Waals surface area contributed by atoms with Crippen LogP contribution in [0.25, 0.3) is 0 Å². The van der Waals surface area contributed by atoms with Gasteiger partial charge in [0, 0.05) is 18.5 Å². The van der Waals surface area contributed by atoms with Crippen LogP contribution in [0.15, 0.2) is 0 Å². The molecule has 0 aromatic rings. The molecule has 0 saturated heterocycles. The fraction of sp³-hybridized carbons (Fsp3) is 1.00. The van der Waals surface area contributed by atoms with Gasteiger partial charge in [-0.15, -0.1) is 0 Å². The molecule has 0 aliphatic heterocycles. The second-order valence-electron chi connectivity index (χ2n) is 19.5. The van der Waals surface area contributed by atoms with Gasteiger partial charge in [0.1, 0.15) is 0 Å². The molecule has 320 valence electrons. The van der Waals surface area contributed by atoms with Gasteiger partial charge in [0.25, 0.3) is 0 Å². The van der Waals surface area contributed by atoms with Gasteiger partial charge in [0.15, 0.2) is 0 Å². The maximum absolute atomic E-state index is 14.2. The number of rotatable bonds is 45. The van der Waals surface area contributed by atoms with Crippen molar-refractivity contribution in [1.82, 2.24) is 0 Å². The van der Waals surface area contributed by atoms with E-state index in [1.54, 1.807) is 0 Å². The quantitative estimate of drug-likeness (QED) is 0.0446. The summed E-state index contributed by atoms with van der Waals surface area (Å²) in [6, 6.07) is 0. The molecule has 0 radical (unpaired) electrons. The molecule has 0 aromatic carbocycles. The van der Waals surface area contributed by atoms with Crippen molar-refractivity contribution < 1.29 is 4.57 Å². The molecule has 0 aromatic heterocycles. The molecule has 0 N–H and O–H groups in total. The Hall–Kier alpha value is 0.230. The first kappa shape index (κ1) is 53.2. The van der Waals surface area contributed by atoms with E-state index in [4.69, 9.17) is 0 Å². The predicted octanol–water partition coefficient (Wildman–Crippen LogP) is 19.5. The van der Waals surface area contributed by atoms with Gasteiger partial charge in [-0.05, 0) is 37.0 Å². The molecule has 0 saturated carbocycles. The van der Waals surface area contributed by atoms with E-state index in [1.165, 1.54) is 250 Å². The van der Waals surface area contributed by atoms with Crippen LogP contribution in [0.5, 0.6) is 0 Å². The van der Waals surface area contributed by atoms with E-state index in [-0.39, 0.29) is 0 Å². The topological polar surface area (TPSA) is 17.1 Å². The minimum Gasteiger partial charge on any atom is -0.324 e. The standard InChI is InChI=1S/C51H105OP/c1-49(2)43-37-31-25-19-13-7-10-16-22-28-34-40-46-53(52,47-41-35-29-23-17-11-8-14-20-26-32-38-44-50(3)4)48-42-36-30-24-18-12-9-15-21-27-33-39-45-51(5)6/h49-51H,7-48H2,1-6H3. The Labute approximate surface area is 338 Å². The molecule has 53 heavy (non-hydrogen) atoms. The van der Waals surface area contributed by atoms with Crippen molar-refractivity contribution in [3.05, 3.63) is 0 Å². The summed E-state index contributed by atoms with van der Waals surface area (Å²) in [6.07, 6.45) is 57.9.